The zero-order valence-electron chi connectivity index (χ0n) is 10.1. The minimum atomic E-state index is -0.00429. The summed E-state index contributed by atoms with van der Waals surface area (Å²) < 4.78 is 6.08. The fraction of sp³-hybridized carbons (Fsp3) is 1.00. The molecule has 0 bridgehead atoms. The Balaban J connectivity index is 2.45. The smallest absolute Gasteiger partial charge is 0.0735 e. The highest BCUT2D eigenvalue weighted by Crippen LogP contribution is 2.25. The van der Waals surface area contributed by atoms with Gasteiger partial charge < -0.3 is 10.1 Å². The van der Waals surface area contributed by atoms with Crippen molar-refractivity contribution in [1.29, 1.82) is 0 Å². The molecule has 0 radical (unpaired) electrons. The molecule has 0 amide bonds. The first-order valence-electron chi connectivity index (χ1n) is 5.94. The molecule has 0 spiro atoms. The largest absolute Gasteiger partial charge is 0.371 e. The van der Waals surface area contributed by atoms with Crippen LogP contribution in [0, 0.1) is 0 Å². The van der Waals surface area contributed by atoms with Crippen molar-refractivity contribution in [2.24, 2.45) is 0 Å². The van der Waals surface area contributed by atoms with Gasteiger partial charge >= 0.3 is 0 Å². The van der Waals surface area contributed by atoms with E-state index >= 15 is 0 Å². The van der Waals surface area contributed by atoms with Crippen LogP contribution in [-0.2, 0) is 4.74 Å². The summed E-state index contributed by atoms with van der Waals surface area (Å²) in [7, 11) is 0. The van der Waals surface area contributed by atoms with Crippen LogP contribution in [0.2, 0.25) is 0 Å². The van der Waals surface area contributed by atoms with Crippen molar-refractivity contribution in [3.63, 3.8) is 0 Å². The molecule has 0 aromatic heterocycles. The Morgan fingerprint density at radius 1 is 1.21 bits per heavy atom. The SMILES string of the molecule is CCNC1CCCCC1OC(C)(C)C. The summed E-state index contributed by atoms with van der Waals surface area (Å²) in [5.74, 6) is 0. The zero-order chi connectivity index (χ0) is 10.6. The summed E-state index contributed by atoms with van der Waals surface area (Å²) in [6.45, 7) is 9.65. The summed E-state index contributed by atoms with van der Waals surface area (Å²) in [4.78, 5) is 0. The average molecular weight is 199 g/mol. The number of rotatable bonds is 3. The van der Waals surface area contributed by atoms with Crippen molar-refractivity contribution in [1.82, 2.24) is 5.32 Å². The number of ether oxygens (including phenoxy) is 1. The van der Waals surface area contributed by atoms with Crippen molar-refractivity contribution >= 4 is 0 Å². The molecule has 2 nitrogen and oxygen atoms in total. The molecule has 1 saturated carbocycles. The van der Waals surface area contributed by atoms with Gasteiger partial charge in [-0.05, 0) is 40.2 Å². The first kappa shape index (κ1) is 12.0. The Bertz CT molecular complexity index is 160. The average Bonchev–Trinajstić information content (AvgIpc) is 2.06. The van der Waals surface area contributed by atoms with Crippen LogP contribution in [0.5, 0.6) is 0 Å². The van der Waals surface area contributed by atoms with Crippen LogP contribution in [-0.4, -0.2) is 24.3 Å². The highest BCUT2D eigenvalue weighted by Gasteiger charge is 2.28. The molecule has 84 valence electrons. The van der Waals surface area contributed by atoms with Crippen molar-refractivity contribution in [3.8, 4) is 0 Å². The standard InChI is InChI=1S/C12H25NO/c1-5-13-10-8-6-7-9-11(10)14-12(2,3)4/h10-11,13H,5-9H2,1-4H3. The number of hydrogen-bond donors (Lipinski definition) is 1. The molecule has 1 N–H and O–H groups in total. The van der Waals surface area contributed by atoms with E-state index in [0.29, 0.717) is 12.1 Å². The first-order chi connectivity index (χ1) is 6.53. The van der Waals surface area contributed by atoms with Gasteiger partial charge in [-0.25, -0.2) is 0 Å². The van der Waals surface area contributed by atoms with Crippen LogP contribution in [0.3, 0.4) is 0 Å². The molecule has 0 heterocycles. The molecule has 0 aromatic carbocycles. The molecular weight excluding hydrogens is 174 g/mol. The molecular formula is C12H25NO. The van der Waals surface area contributed by atoms with Crippen molar-refractivity contribution < 1.29 is 4.74 Å². The monoisotopic (exact) mass is 199 g/mol. The van der Waals surface area contributed by atoms with E-state index in [0.717, 1.165) is 6.54 Å². The molecule has 0 aromatic rings. The van der Waals surface area contributed by atoms with Crippen LogP contribution < -0.4 is 5.32 Å². The highest BCUT2D eigenvalue weighted by atomic mass is 16.5. The highest BCUT2D eigenvalue weighted by molar-refractivity contribution is 4.83. The van der Waals surface area contributed by atoms with Crippen LogP contribution in [0.1, 0.15) is 53.4 Å². The number of nitrogens with one attached hydrogen (secondary N) is 1. The second-order valence-electron chi connectivity index (χ2n) is 5.22. The quantitative estimate of drug-likeness (QED) is 0.754. The second-order valence-corrected chi connectivity index (χ2v) is 5.22. The molecule has 2 unspecified atom stereocenters. The lowest BCUT2D eigenvalue weighted by atomic mass is 9.92. The summed E-state index contributed by atoms with van der Waals surface area (Å²) in [5.41, 5.74) is -0.00429. The Morgan fingerprint density at radius 3 is 2.43 bits per heavy atom. The van der Waals surface area contributed by atoms with Gasteiger partial charge in [0.15, 0.2) is 0 Å². The van der Waals surface area contributed by atoms with E-state index in [1.165, 1.54) is 25.7 Å². The van der Waals surface area contributed by atoms with Crippen LogP contribution >= 0.6 is 0 Å². The molecule has 0 saturated heterocycles. The first-order valence-corrected chi connectivity index (χ1v) is 5.94. The van der Waals surface area contributed by atoms with E-state index in [1.807, 2.05) is 0 Å². The van der Waals surface area contributed by atoms with E-state index in [-0.39, 0.29) is 5.60 Å². The fourth-order valence-electron chi connectivity index (χ4n) is 2.19. The zero-order valence-corrected chi connectivity index (χ0v) is 10.1. The van der Waals surface area contributed by atoms with E-state index in [4.69, 9.17) is 4.74 Å². The molecule has 1 fully saturated rings. The van der Waals surface area contributed by atoms with Gasteiger partial charge in [0.1, 0.15) is 0 Å². The normalized spacial score (nSPS) is 29.1. The minimum absolute atomic E-state index is 0.00429. The van der Waals surface area contributed by atoms with Gasteiger partial charge in [0.25, 0.3) is 0 Å². The third-order valence-electron chi connectivity index (χ3n) is 2.67. The summed E-state index contributed by atoms with van der Waals surface area (Å²) in [6.07, 6.45) is 5.58. The van der Waals surface area contributed by atoms with Crippen molar-refractivity contribution in [2.75, 3.05) is 6.54 Å². The maximum atomic E-state index is 6.08. The predicted molar refractivity (Wildman–Crippen MR) is 60.6 cm³/mol. The molecule has 14 heavy (non-hydrogen) atoms. The van der Waals surface area contributed by atoms with Crippen molar-refractivity contribution in [3.05, 3.63) is 0 Å². The van der Waals surface area contributed by atoms with Crippen LogP contribution in [0.25, 0.3) is 0 Å². The topological polar surface area (TPSA) is 21.3 Å². The van der Waals surface area contributed by atoms with E-state index < -0.39 is 0 Å². The molecule has 1 aliphatic carbocycles. The number of likely N-dealkylation sites (N-methyl/N-ethyl adjacent to an activating group) is 1. The lowest BCUT2D eigenvalue weighted by Crippen LogP contribution is -2.46. The number of hydrogen-bond acceptors (Lipinski definition) is 2. The van der Waals surface area contributed by atoms with E-state index in [9.17, 15) is 0 Å². The lowest BCUT2D eigenvalue weighted by Gasteiger charge is -2.36. The maximum Gasteiger partial charge on any atom is 0.0735 e. The van der Waals surface area contributed by atoms with Gasteiger partial charge in [-0.1, -0.05) is 19.8 Å². The minimum Gasteiger partial charge on any atom is -0.371 e. The van der Waals surface area contributed by atoms with Gasteiger partial charge in [0, 0.05) is 6.04 Å². The van der Waals surface area contributed by atoms with Crippen molar-refractivity contribution in [2.45, 2.75) is 71.1 Å². The van der Waals surface area contributed by atoms with E-state index in [2.05, 4.69) is 33.0 Å². The van der Waals surface area contributed by atoms with Gasteiger partial charge in [0.05, 0.1) is 11.7 Å². The Hall–Kier alpha value is -0.0800. The third kappa shape index (κ3) is 3.97. The molecule has 2 heteroatoms. The van der Waals surface area contributed by atoms with E-state index in [1.54, 1.807) is 0 Å². The molecule has 2 atom stereocenters. The van der Waals surface area contributed by atoms with Crippen LogP contribution in [0.4, 0.5) is 0 Å². The summed E-state index contributed by atoms with van der Waals surface area (Å²) in [5, 5.41) is 3.53. The molecule has 0 aliphatic heterocycles. The lowest BCUT2D eigenvalue weighted by molar-refractivity contribution is -0.0866. The third-order valence-corrected chi connectivity index (χ3v) is 2.67. The second kappa shape index (κ2) is 5.13. The van der Waals surface area contributed by atoms with Gasteiger partial charge in [-0.2, -0.15) is 0 Å². The summed E-state index contributed by atoms with van der Waals surface area (Å²) in [6, 6.07) is 0.577. The van der Waals surface area contributed by atoms with Crippen LogP contribution in [0.15, 0.2) is 0 Å². The van der Waals surface area contributed by atoms with Gasteiger partial charge in [-0.15, -0.1) is 0 Å². The fourth-order valence-corrected chi connectivity index (χ4v) is 2.19. The molecule has 1 aliphatic rings. The Labute approximate surface area is 88.4 Å². The molecule has 1 rings (SSSR count). The van der Waals surface area contributed by atoms with Gasteiger partial charge in [-0.3, -0.25) is 0 Å². The maximum absolute atomic E-state index is 6.08. The van der Waals surface area contributed by atoms with Gasteiger partial charge in [0.2, 0.25) is 0 Å². The summed E-state index contributed by atoms with van der Waals surface area (Å²) >= 11 is 0. The Morgan fingerprint density at radius 2 is 1.86 bits per heavy atom. The Kier molecular flexibility index (Phi) is 4.39. The predicted octanol–water partition coefficient (Wildman–Crippen LogP) is 2.72.